The Balaban J connectivity index is 2.52. The van der Waals surface area contributed by atoms with Crippen LogP contribution < -0.4 is 4.74 Å². The lowest BCUT2D eigenvalue weighted by atomic mass is 10.2. The van der Waals surface area contributed by atoms with E-state index in [9.17, 15) is 0 Å². The summed E-state index contributed by atoms with van der Waals surface area (Å²) in [4.78, 5) is 4.32. The van der Waals surface area contributed by atoms with Crippen molar-refractivity contribution in [1.29, 1.82) is 0 Å². The van der Waals surface area contributed by atoms with Crippen LogP contribution in [0.25, 0.3) is 10.9 Å². The van der Waals surface area contributed by atoms with E-state index < -0.39 is 0 Å². The van der Waals surface area contributed by atoms with Crippen molar-refractivity contribution in [2.45, 2.75) is 6.42 Å². The quantitative estimate of drug-likeness (QED) is 0.267. The second-order valence-corrected chi connectivity index (χ2v) is 6.34. The lowest BCUT2D eigenvalue weighted by Gasteiger charge is -2.11. The van der Waals surface area contributed by atoms with Gasteiger partial charge in [-0.05, 0) is 47.2 Å². The number of pyridine rings is 1. The molecule has 0 radical (unpaired) electrons. The highest BCUT2D eigenvalue weighted by atomic mass is 127. The molecule has 1 aromatic carbocycles. The lowest BCUT2D eigenvalue weighted by molar-refractivity contribution is 0.320. The predicted molar refractivity (Wildman–Crippen MR) is 88.4 cm³/mol. The Labute approximate surface area is 137 Å². The third-order valence-electron chi connectivity index (χ3n) is 2.33. The van der Waals surface area contributed by atoms with Gasteiger partial charge in [-0.25, -0.2) is 4.98 Å². The van der Waals surface area contributed by atoms with Crippen LogP contribution in [-0.4, -0.2) is 16.9 Å². The zero-order valence-corrected chi connectivity index (χ0v) is 14.5. The summed E-state index contributed by atoms with van der Waals surface area (Å²) in [5.41, 5.74) is 0.717. The number of alkyl halides is 1. The van der Waals surface area contributed by atoms with Crippen LogP contribution in [0.5, 0.6) is 5.75 Å². The third-order valence-corrected chi connectivity index (χ3v) is 4.21. The van der Waals surface area contributed by atoms with Gasteiger partial charge in [0.1, 0.15) is 10.7 Å². The summed E-state index contributed by atoms with van der Waals surface area (Å²) in [5.74, 6) is 0.749. The average Bonchev–Trinajstić information content (AvgIpc) is 2.33. The first kappa shape index (κ1) is 14.6. The van der Waals surface area contributed by atoms with Crippen LogP contribution in [0.4, 0.5) is 0 Å². The van der Waals surface area contributed by atoms with Gasteiger partial charge in [-0.3, -0.25) is 0 Å². The van der Waals surface area contributed by atoms with Gasteiger partial charge in [0.2, 0.25) is 0 Å². The highest BCUT2D eigenvalue weighted by Crippen LogP contribution is 2.35. The van der Waals surface area contributed by atoms with Crippen LogP contribution >= 0.6 is 61.7 Å². The normalized spacial score (nSPS) is 10.9. The average molecular weight is 461 g/mol. The predicted octanol–water partition coefficient (Wildman–Crippen LogP) is 5.31. The number of aromatic nitrogens is 1. The monoisotopic (exact) mass is 459 g/mol. The topological polar surface area (TPSA) is 22.1 Å². The Hall–Kier alpha value is 0.220. The minimum Gasteiger partial charge on any atom is -0.490 e. The largest absolute Gasteiger partial charge is 0.490 e. The van der Waals surface area contributed by atoms with E-state index in [0.717, 1.165) is 26.5 Å². The fraction of sp³-hybridized carbons (Fsp3) is 0.250. The Morgan fingerprint density at radius 3 is 2.83 bits per heavy atom. The number of halogens is 4. The molecule has 0 amide bonds. The maximum Gasteiger partial charge on any atom is 0.158 e. The van der Waals surface area contributed by atoms with E-state index in [1.165, 1.54) is 0 Å². The Morgan fingerprint density at radius 1 is 1.33 bits per heavy atom. The first-order valence-corrected chi connectivity index (χ1v) is 8.22. The van der Waals surface area contributed by atoms with Crippen molar-refractivity contribution in [2.75, 3.05) is 11.9 Å². The van der Waals surface area contributed by atoms with Crippen molar-refractivity contribution in [1.82, 2.24) is 4.98 Å². The standard InChI is InChI=1S/C12H9BrCl2INO/c13-4-1-5-18-12-9(16)6-8(14)7-2-3-10(15)17-11(7)12/h2-3,6H,1,4-5H2. The molecule has 2 nitrogen and oxygen atoms in total. The van der Waals surface area contributed by atoms with Gasteiger partial charge >= 0.3 is 0 Å². The maximum atomic E-state index is 6.20. The molecule has 0 N–H and O–H groups in total. The molecular formula is C12H9BrCl2INO. The van der Waals surface area contributed by atoms with Crippen LogP contribution in [0.15, 0.2) is 18.2 Å². The number of ether oxygens (including phenoxy) is 1. The second kappa shape index (κ2) is 6.59. The minimum absolute atomic E-state index is 0.436. The smallest absolute Gasteiger partial charge is 0.158 e. The van der Waals surface area contributed by atoms with Gasteiger partial charge in [-0.2, -0.15) is 0 Å². The van der Waals surface area contributed by atoms with Crippen LogP contribution in [0.1, 0.15) is 6.42 Å². The van der Waals surface area contributed by atoms with Gasteiger partial charge in [0.05, 0.1) is 15.2 Å². The van der Waals surface area contributed by atoms with E-state index >= 15 is 0 Å². The van der Waals surface area contributed by atoms with E-state index in [1.807, 2.05) is 12.1 Å². The molecule has 1 heterocycles. The zero-order valence-electron chi connectivity index (χ0n) is 9.22. The van der Waals surface area contributed by atoms with E-state index in [4.69, 9.17) is 27.9 Å². The molecule has 1 aromatic heterocycles. The molecule has 0 saturated carbocycles. The number of hydrogen-bond acceptors (Lipinski definition) is 2. The lowest BCUT2D eigenvalue weighted by Crippen LogP contribution is -2.01. The van der Waals surface area contributed by atoms with Crippen molar-refractivity contribution < 1.29 is 4.74 Å². The number of nitrogens with zero attached hydrogens (tertiary/aromatic N) is 1. The Morgan fingerprint density at radius 2 is 2.11 bits per heavy atom. The molecule has 2 aromatic rings. The van der Waals surface area contributed by atoms with E-state index in [0.29, 0.717) is 22.3 Å². The first-order valence-electron chi connectivity index (χ1n) is 5.26. The second-order valence-electron chi connectivity index (χ2n) is 3.59. The summed E-state index contributed by atoms with van der Waals surface area (Å²) in [6.07, 6.45) is 0.931. The molecule has 0 saturated heterocycles. The highest BCUT2D eigenvalue weighted by Gasteiger charge is 2.12. The number of rotatable bonds is 4. The molecule has 0 atom stereocenters. The summed E-state index contributed by atoms with van der Waals surface area (Å²) >= 11 is 17.7. The van der Waals surface area contributed by atoms with Crippen molar-refractivity contribution in [3.05, 3.63) is 31.9 Å². The molecule has 0 aliphatic rings. The summed E-state index contributed by atoms with van der Waals surface area (Å²) in [5, 5.41) is 2.86. The van der Waals surface area contributed by atoms with E-state index in [-0.39, 0.29) is 0 Å². The SMILES string of the molecule is Clc1ccc2c(Cl)cc(I)c(OCCCBr)c2n1. The van der Waals surface area contributed by atoms with Gasteiger partial charge in [0.25, 0.3) is 0 Å². The summed E-state index contributed by atoms with van der Waals surface area (Å²) in [6, 6.07) is 5.47. The number of benzene rings is 1. The number of fused-ring (bicyclic) bond motifs is 1. The van der Waals surface area contributed by atoms with Crippen LogP contribution in [-0.2, 0) is 0 Å². The van der Waals surface area contributed by atoms with E-state index in [1.54, 1.807) is 6.07 Å². The molecule has 2 rings (SSSR count). The van der Waals surface area contributed by atoms with Crippen LogP contribution in [0, 0.1) is 3.57 Å². The molecule has 0 aliphatic heterocycles. The molecule has 0 unspecified atom stereocenters. The molecular weight excluding hydrogens is 452 g/mol. The van der Waals surface area contributed by atoms with Crippen molar-refractivity contribution in [3.63, 3.8) is 0 Å². The van der Waals surface area contributed by atoms with Gasteiger partial charge < -0.3 is 4.74 Å². The third kappa shape index (κ3) is 3.21. The molecule has 6 heteroatoms. The van der Waals surface area contributed by atoms with Crippen molar-refractivity contribution in [3.8, 4) is 5.75 Å². The van der Waals surface area contributed by atoms with Gasteiger partial charge in [0.15, 0.2) is 5.75 Å². The highest BCUT2D eigenvalue weighted by molar-refractivity contribution is 14.1. The minimum atomic E-state index is 0.436. The molecule has 0 spiro atoms. The Kier molecular flexibility index (Phi) is 5.35. The Bertz CT molecular complexity index is 579. The summed E-state index contributed by atoms with van der Waals surface area (Å²) < 4.78 is 6.72. The molecule has 96 valence electrons. The summed E-state index contributed by atoms with van der Waals surface area (Å²) in [6.45, 7) is 0.631. The van der Waals surface area contributed by atoms with Gasteiger partial charge in [-0.15, -0.1) is 0 Å². The first-order chi connectivity index (χ1) is 8.63. The maximum absolute atomic E-state index is 6.20. The fourth-order valence-electron chi connectivity index (χ4n) is 1.53. The van der Waals surface area contributed by atoms with Gasteiger partial charge in [0, 0.05) is 10.7 Å². The molecule has 0 bridgehead atoms. The zero-order chi connectivity index (χ0) is 13.1. The molecule has 0 fully saturated rings. The molecule has 18 heavy (non-hydrogen) atoms. The summed E-state index contributed by atoms with van der Waals surface area (Å²) in [7, 11) is 0. The van der Waals surface area contributed by atoms with Gasteiger partial charge in [-0.1, -0.05) is 39.1 Å². The van der Waals surface area contributed by atoms with Crippen molar-refractivity contribution in [2.24, 2.45) is 0 Å². The van der Waals surface area contributed by atoms with Crippen molar-refractivity contribution >= 4 is 72.6 Å². The van der Waals surface area contributed by atoms with Crippen LogP contribution in [0.2, 0.25) is 10.2 Å². The number of hydrogen-bond donors (Lipinski definition) is 0. The van der Waals surface area contributed by atoms with Crippen LogP contribution in [0.3, 0.4) is 0 Å². The fourth-order valence-corrected chi connectivity index (χ4v) is 3.08. The molecule has 0 aliphatic carbocycles. The van der Waals surface area contributed by atoms with E-state index in [2.05, 4.69) is 43.5 Å².